The van der Waals surface area contributed by atoms with Gasteiger partial charge in [-0.1, -0.05) is 6.92 Å². The molecule has 0 aliphatic carbocycles. The van der Waals surface area contributed by atoms with Gasteiger partial charge in [0.05, 0.1) is 7.11 Å². The highest BCUT2D eigenvalue weighted by Crippen LogP contribution is 2.14. The second kappa shape index (κ2) is 4.95. The van der Waals surface area contributed by atoms with Crippen LogP contribution in [0.4, 0.5) is 0 Å². The highest BCUT2D eigenvalue weighted by atomic mass is 16.5. The summed E-state index contributed by atoms with van der Waals surface area (Å²) in [5, 5.41) is 0. The van der Waals surface area contributed by atoms with Gasteiger partial charge in [-0.15, -0.1) is 0 Å². The number of methoxy groups -OCH3 is 1. The van der Waals surface area contributed by atoms with E-state index in [0.717, 1.165) is 24.1 Å². The number of hydrogen-bond acceptors (Lipinski definition) is 4. The third kappa shape index (κ3) is 2.27. The zero-order valence-electron chi connectivity index (χ0n) is 10.0. The molecule has 0 unspecified atom stereocenters. The molecule has 0 N–H and O–H groups in total. The Bertz CT molecular complexity index is 534. The Balaban J connectivity index is 2.45. The van der Waals surface area contributed by atoms with Crippen LogP contribution < -0.4 is 0 Å². The second-order valence-corrected chi connectivity index (χ2v) is 3.78. The van der Waals surface area contributed by atoms with Gasteiger partial charge >= 0.3 is 5.97 Å². The van der Waals surface area contributed by atoms with Gasteiger partial charge in [0.2, 0.25) is 0 Å². The maximum atomic E-state index is 11.3. The average Bonchev–Trinajstić information content (AvgIpc) is 2.68. The van der Waals surface area contributed by atoms with E-state index in [0.29, 0.717) is 5.82 Å². The van der Waals surface area contributed by atoms with Gasteiger partial charge in [-0.3, -0.25) is 4.79 Å². The smallest absolute Gasteiger partial charge is 0.313 e. The molecule has 0 radical (unpaired) electrons. The molecule has 2 rings (SSSR count). The molecule has 5 heteroatoms. The van der Waals surface area contributed by atoms with E-state index in [1.54, 1.807) is 6.20 Å². The van der Waals surface area contributed by atoms with Crippen LogP contribution in [0.1, 0.15) is 19.2 Å². The Labute approximate surface area is 99.4 Å². The Morgan fingerprint density at radius 2 is 2.35 bits per heavy atom. The lowest BCUT2D eigenvalue weighted by Gasteiger charge is -2.05. The number of nitrogens with zero attached hydrogens (tertiary/aromatic N) is 3. The number of pyridine rings is 1. The van der Waals surface area contributed by atoms with Gasteiger partial charge in [-0.25, -0.2) is 9.97 Å². The Morgan fingerprint density at radius 1 is 1.53 bits per heavy atom. The molecule has 5 nitrogen and oxygen atoms in total. The fourth-order valence-corrected chi connectivity index (χ4v) is 1.80. The molecule has 2 heterocycles. The zero-order chi connectivity index (χ0) is 12.3. The molecule has 2 aromatic heterocycles. The molecule has 2 aromatic rings. The molecule has 0 aliphatic heterocycles. The summed E-state index contributed by atoms with van der Waals surface area (Å²) in [6.07, 6.45) is 2.89. The number of carbonyl (C=O) groups is 1. The lowest BCUT2D eigenvalue weighted by atomic mass is 10.4. The summed E-state index contributed by atoms with van der Waals surface area (Å²) in [7, 11) is 1.38. The van der Waals surface area contributed by atoms with Crippen molar-refractivity contribution >= 4 is 17.1 Å². The molecular formula is C12H15N3O2. The molecule has 90 valence electrons. The highest BCUT2D eigenvalue weighted by Gasteiger charge is 2.14. The molecule has 0 saturated carbocycles. The number of hydrogen-bond donors (Lipinski definition) is 0. The summed E-state index contributed by atoms with van der Waals surface area (Å²) in [5.41, 5.74) is 1.65. The first-order valence-corrected chi connectivity index (χ1v) is 5.63. The van der Waals surface area contributed by atoms with Gasteiger partial charge in [0, 0.05) is 12.7 Å². The minimum absolute atomic E-state index is 0.187. The summed E-state index contributed by atoms with van der Waals surface area (Å²) >= 11 is 0. The van der Waals surface area contributed by atoms with Crippen molar-refractivity contribution in [3.05, 3.63) is 24.2 Å². The highest BCUT2D eigenvalue weighted by molar-refractivity contribution is 5.75. The topological polar surface area (TPSA) is 57.0 Å². The van der Waals surface area contributed by atoms with Crippen molar-refractivity contribution in [3.8, 4) is 0 Å². The van der Waals surface area contributed by atoms with Crippen LogP contribution in [-0.4, -0.2) is 27.6 Å². The fourth-order valence-electron chi connectivity index (χ4n) is 1.80. The maximum absolute atomic E-state index is 11.3. The lowest BCUT2D eigenvalue weighted by Crippen LogP contribution is -2.11. The van der Waals surface area contributed by atoms with Crippen LogP contribution in [0.3, 0.4) is 0 Å². The summed E-state index contributed by atoms with van der Waals surface area (Å²) in [5.74, 6) is 0.435. The van der Waals surface area contributed by atoms with Gasteiger partial charge in [0.15, 0.2) is 5.65 Å². The number of rotatable bonds is 4. The molecule has 0 amide bonds. The summed E-state index contributed by atoms with van der Waals surface area (Å²) in [6.45, 7) is 2.89. The molecule has 17 heavy (non-hydrogen) atoms. The Kier molecular flexibility index (Phi) is 3.37. The van der Waals surface area contributed by atoms with Crippen molar-refractivity contribution in [1.82, 2.24) is 14.5 Å². The number of ether oxygens (including phenoxy) is 1. The number of imidazole rings is 1. The van der Waals surface area contributed by atoms with Crippen molar-refractivity contribution in [2.75, 3.05) is 7.11 Å². The van der Waals surface area contributed by atoms with E-state index >= 15 is 0 Å². The number of fused-ring (bicyclic) bond motifs is 1. The Morgan fingerprint density at radius 3 is 3.06 bits per heavy atom. The van der Waals surface area contributed by atoms with E-state index in [2.05, 4.69) is 21.6 Å². The molecule has 0 bridgehead atoms. The summed E-state index contributed by atoms with van der Waals surface area (Å²) < 4.78 is 6.65. The number of aromatic nitrogens is 3. The molecular weight excluding hydrogens is 218 g/mol. The van der Waals surface area contributed by atoms with E-state index in [9.17, 15) is 4.79 Å². The van der Waals surface area contributed by atoms with Gasteiger partial charge in [0.1, 0.15) is 17.8 Å². The van der Waals surface area contributed by atoms with E-state index < -0.39 is 0 Å². The number of aryl methyl sites for hydroxylation is 1. The van der Waals surface area contributed by atoms with Crippen LogP contribution in [0.25, 0.3) is 11.2 Å². The van der Waals surface area contributed by atoms with Crippen LogP contribution in [0.5, 0.6) is 0 Å². The van der Waals surface area contributed by atoms with Crippen molar-refractivity contribution in [1.29, 1.82) is 0 Å². The Hall–Kier alpha value is -1.91. The predicted molar refractivity (Wildman–Crippen MR) is 63.5 cm³/mol. The van der Waals surface area contributed by atoms with Gasteiger partial charge in [-0.05, 0) is 18.6 Å². The predicted octanol–water partition coefficient (Wildman–Crippen LogP) is 1.56. The van der Waals surface area contributed by atoms with Crippen LogP contribution in [0.2, 0.25) is 0 Å². The van der Waals surface area contributed by atoms with Gasteiger partial charge in [-0.2, -0.15) is 0 Å². The van der Waals surface area contributed by atoms with Gasteiger partial charge < -0.3 is 9.30 Å². The molecule has 0 saturated heterocycles. The van der Waals surface area contributed by atoms with Crippen LogP contribution in [-0.2, 0) is 22.5 Å². The van der Waals surface area contributed by atoms with Crippen molar-refractivity contribution in [2.45, 2.75) is 26.3 Å². The van der Waals surface area contributed by atoms with Crippen molar-refractivity contribution in [2.24, 2.45) is 0 Å². The first-order valence-electron chi connectivity index (χ1n) is 5.63. The van der Waals surface area contributed by atoms with Crippen LogP contribution in [0.15, 0.2) is 18.3 Å². The first kappa shape index (κ1) is 11.6. The number of carbonyl (C=O) groups excluding carboxylic acids is 1. The zero-order valence-corrected chi connectivity index (χ0v) is 10.0. The molecule has 0 fully saturated rings. The maximum Gasteiger partial charge on any atom is 0.313 e. The van der Waals surface area contributed by atoms with E-state index in [1.165, 1.54) is 7.11 Å². The minimum Gasteiger partial charge on any atom is -0.469 e. The van der Waals surface area contributed by atoms with Crippen LogP contribution in [0, 0.1) is 0 Å². The number of esters is 1. The summed E-state index contributed by atoms with van der Waals surface area (Å²) in [6, 6.07) is 3.74. The standard InChI is InChI=1S/C12H15N3O2/c1-3-7-15-10(8-11(16)17-2)14-9-5-4-6-13-12(9)15/h4-6H,3,7-8H2,1-2H3. The van der Waals surface area contributed by atoms with E-state index in [1.807, 2.05) is 16.7 Å². The normalized spacial score (nSPS) is 10.7. The largest absolute Gasteiger partial charge is 0.469 e. The fraction of sp³-hybridized carbons (Fsp3) is 0.417. The monoisotopic (exact) mass is 233 g/mol. The second-order valence-electron chi connectivity index (χ2n) is 3.78. The minimum atomic E-state index is -0.280. The molecule has 0 spiro atoms. The average molecular weight is 233 g/mol. The lowest BCUT2D eigenvalue weighted by molar-refractivity contribution is -0.139. The molecule has 0 aromatic carbocycles. The molecule has 0 atom stereocenters. The van der Waals surface area contributed by atoms with E-state index in [-0.39, 0.29) is 12.4 Å². The van der Waals surface area contributed by atoms with Gasteiger partial charge in [0.25, 0.3) is 0 Å². The van der Waals surface area contributed by atoms with Crippen molar-refractivity contribution in [3.63, 3.8) is 0 Å². The summed E-state index contributed by atoms with van der Waals surface area (Å²) in [4.78, 5) is 20.0. The SMILES string of the molecule is CCCn1c(CC(=O)OC)nc2cccnc21. The first-order chi connectivity index (χ1) is 8.26. The molecule has 0 aliphatic rings. The van der Waals surface area contributed by atoms with E-state index in [4.69, 9.17) is 0 Å². The van der Waals surface area contributed by atoms with Crippen molar-refractivity contribution < 1.29 is 9.53 Å². The third-order valence-electron chi connectivity index (χ3n) is 2.56. The van der Waals surface area contributed by atoms with Crippen LogP contribution >= 0.6 is 0 Å². The quantitative estimate of drug-likeness (QED) is 0.752. The third-order valence-corrected chi connectivity index (χ3v) is 2.56.